The van der Waals surface area contributed by atoms with Gasteiger partial charge in [0.1, 0.15) is 6.04 Å². The van der Waals surface area contributed by atoms with Crippen LogP contribution in [-0.4, -0.2) is 58.5 Å². The van der Waals surface area contributed by atoms with E-state index >= 15 is 0 Å². The van der Waals surface area contributed by atoms with Gasteiger partial charge in [-0.25, -0.2) is 0 Å². The second-order valence-electron chi connectivity index (χ2n) is 4.97. The molecule has 1 amide bonds. The second kappa shape index (κ2) is 5.04. The maximum Gasteiger partial charge on any atom is 0.320 e. The van der Waals surface area contributed by atoms with Crippen LogP contribution >= 0.6 is 0 Å². The molecule has 0 aromatic heterocycles. The molecule has 2 aliphatic rings. The largest absolute Gasteiger partial charge is 0.480 e. The molecule has 96 valence electrons. The number of hydrogen-bond acceptors (Lipinski definition) is 3. The molecular weight excluding hydrogens is 220 g/mol. The van der Waals surface area contributed by atoms with E-state index in [1.165, 1.54) is 0 Å². The minimum atomic E-state index is -0.698. The fraction of sp³-hybridized carbons (Fsp3) is 0.833. The lowest BCUT2D eigenvalue weighted by molar-refractivity contribution is -0.144. The van der Waals surface area contributed by atoms with E-state index in [0.717, 1.165) is 45.3 Å². The van der Waals surface area contributed by atoms with Crippen LogP contribution in [0.1, 0.15) is 32.6 Å². The molecule has 2 heterocycles. The monoisotopic (exact) mass is 240 g/mol. The van der Waals surface area contributed by atoms with Gasteiger partial charge in [0.2, 0.25) is 5.91 Å². The van der Waals surface area contributed by atoms with Crippen molar-refractivity contribution < 1.29 is 14.7 Å². The molecule has 2 fully saturated rings. The number of carboxylic acids is 1. The Morgan fingerprint density at radius 3 is 2.29 bits per heavy atom. The van der Waals surface area contributed by atoms with Gasteiger partial charge in [0, 0.05) is 26.1 Å². The van der Waals surface area contributed by atoms with Gasteiger partial charge >= 0.3 is 5.97 Å². The molecule has 17 heavy (non-hydrogen) atoms. The topological polar surface area (TPSA) is 60.9 Å². The Bertz CT molecular complexity index is 311. The van der Waals surface area contributed by atoms with E-state index in [0.29, 0.717) is 6.04 Å². The van der Waals surface area contributed by atoms with Crippen LogP contribution in [0.5, 0.6) is 0 Å². The molecule has 2 rings (SSSR count). The van der Waals surface area contributed by atoms with Gasteiger partial charge in [0.25, 0.3) is 0 Å². The second-order valence-corrected chi connectivity index (χ2v) is 4.97. The number of likely N-dealkylation sites (tertiary alicyclic amines) is 2. The number of rotatable bonds is 2. The molecule has 0 radical (unpaired) electrons. The van der Waals surface area contributed by atoms with Crippen molar-refractivity contribution in [2.45, 2.75) is 44.7 Å². The van der Waals surface area contributed by atoms with Crippen molar-refractivity contribution in [2.24, 2.45) is 0 Å². The highest BCUT2D eigenvalue weighted by Crippen LogP contribution is 2.26. The fourth-order valence-electron chi connectivity index (χ4n) is 3.00. The predicted octanol–water partition coefficient (Wildman–Crippen LogP) is 0.546. The fourth-order valence-corrected chi connectivity index (χ4v) is 3.00. The third-order valence-corrected chi connectivity index (χ3v) is 3.96. The van der Waals surface area contributed by atoms with Crippen LogP contribution in [-0.2, 0) is 9.59 Å². The molecule has 1 unspecified atom stereocenters. The summed E-state index contributed by atoms with van der Waals surface area (Å²) >= 11 is 0. The van der Waals surface area contributed by atoms with E-state index in [1.54, 1.807) is 6.92 Å². The number of carboxylic acid groups (broad SMARTS) is 1. The van der Waals surface area contributed by atoms with Crippen LogP contribution in [0.15, 0.2) is 0 Å². The van der Waals surface area contributed by atoms with Crippen molar-refractivity contribution in [3.63, 3.8) is 0 Å². The summed E-state index contributed by atoms with van der Waals surface area (Å²) in [6.45, 7) is 4.02. The first kappa shape index (κ1) is 12.4. The predicted molar refractivity (Wildman–Crippen MR) is 62.6 cm³/mol. The van der Waals surface area contributed by atoms with E-state index in [1.807, 2.05) is 4.90 Å². The molecule has 1 N–H and O–H groups in total. The summed E-state index contributed by atoms with van der Waals surface area (Å²) in [7, 11) is 0. The van der Waals surface area contributed by atoms with Crippen LogP contribution < -0.4 is 0 Å². The molecule has 0 aliphatic carbocycles. The van der Waals surface area contributed by atoms with E-state index in [-0.39, 0.29) is 11.9 Å². The molecule has 0 aromatic carbocycles. The first-order valence-corrected chi connectivity index (χ1v) is 6.33. The number of amides is 1. The number of carbonyl (C=O) groups excluding carboxylic acids is 1. The van der Waals surface area contributed by atoms with E-state index in [4.69, 9.17) is 5.11 Å². The zero-order valence-corrected chi connectivity index (χ0v) is 10.3. The van der Waals surface area contributed by atoms with Gasteiger partial charge in [-0.15, -0.1) is 0 Å². The molecule has 5 nitrogen and oxygen atoms in total. The van der Waals surface area contributed by atoms with Gasteiger partial charge in [-0.3, -0.25) is 14.5 Å². The van der Waals surface area contributed by atoms with Gasteiger partial charge in [-0.05, 0) is 32.2 Å². The van der Waals surface area contributed by atoms with Crippen molar-refractivity contribution >= 4 is 11.9 Å². The van der Waals surface area contributed by atoms with E-state index in [2.05, 4.69) is 4.90 Å². The number of hydrogen-bond donors (Lipinski definition) is 1. The maximum atomic E-state index is 11.2. The Kier molecular flexibility index (Phi) is 3.66. The first-order valence-electron chi connectivity index (χ1n) is 6.33. The minimum absolute atomic E-state index is 0.125. The van der Waals surface area contributed by atoms with E-state index < -0.39 is 5.97 Å². The molecule has 0 aromatic rings. The standard InChI is InChI=1S/C12H20N2O3/c1-9(15)13-7-4-10(5-8-13)14-6-2-3-11(14)12(16)17/h10-11H,2-8H2,1H3,(H,16,17). The molecule has 0 saturated carbocycles. The third-order valence-electron chi connectivity index (χ3n) is 3.96. The summed E-state index contributed by atoms with van der Waals surface area (Å²) in [5.41, 5.74) is 0. The highest BCUT2D eigenvalue weighted by atomic mass is 16.4. The highest BCUT2D eigenvalue weighted by Gasteiger charge is 2.36. The summed E-state index contributed by atoms with van der Waals surface area (Å²) in [6, 6.07) is 0.0399. The number of aliphatic carboxylic acids is 1. The van der Waals surface area contributed by atoms with Gasteiger partial charge in [-0.1, -0.05) is 0 Å². The Labute approximate surface area is 101 Å². The number of piperidine rings is 1. The van der Waals surface area contributed by atoms with Crippen molar-refractivity contribution in [2.75, 3.05) is 19.6 Å². The summed E-state index contributed by atoms with van der Waals surface area (Å²) in [4.78, 5) is 26.3. The zero-order chi connectivity index (χ0) is 12.4. The van der Waals surface area contributed by atoms with Crippen LogP contribution in [0.25, 0.3) is 0 Å². The Morgan fingerprint density at radius 1 is 1.12 bits per heavy atom. The smallest absolute Gasteiger partial charge is 0.320 e. The van der Waals surface area contributed by atoms with E-state index in [9.17, 15) is 9.59 Å². The Morgan fingerprint density at radius 2 is 1.76 bits per heavy atom. The average Bonchev–Trinajstić information content (AvgIpc) is 2.78. The van der Waals surface area contributed by atoms with Crippen LogP contribution in [0.2, 0.25) is 0 Å². The Balaban J connectivity index is 1.92. The quantitative estimate of drug-likeness (QED) is 0.765. The van der Waals surface area contributed by atoms with Gasteiger partial charge in [-0.2, -0.15) is 0 Å². The van der Waals surface area contributed by atoms with Crippen molar-refractivity contribution in [1.29, 1.82) is 0 Å². The lowest BCUT2D eigenvalue weighted by Gasteiger charge is -2.38. The molecule has 2 saturated heterocycles. The summed E-state index contributed by atoms with van der Waals surface area (Å²) in [6.07, 6.45) is 3.55. The van der Waals surface area contributed by atoms with Crippen LogP contribution in [0, 0.1) is 0 Å². The number of carbonyl (C=O) groups is 2. The maximum absolute atomic E-state index is 11.2. The summed E-state index contributed by atoms with van der Waals surface area (Å²) in [5, 5.41) is 9.15. The molecule has 1 atom stereocenters. The Hall–Kier alpha value is -1.10. The molecule has 5 heteroatoms. The SMILES string of the molecule is CC(=O)N1CCC(N2CCCC2C(=O)O)CC1. The molecule has 2 aliphatic heterocycles. The normalized spacial score (nSPS) is 27.4. The molecule has 0 bridgehead atoms. The van der Waals surface area contributed by atoms with Gasteiger partial charge in [0.15, 0.2) is 0 Å². The lowest BCUT2D eigenvalue weighted by Crippen LogP contribution is -2.49. The van der Waals surface area contributed by atoms with Crippen LogP contribution in [0.4, 0.5) is 0 Å². The van der Waals surface area contributed by atoms with Gasteiger partial charge < -0.3 is 10.0 Å². The van der Waals surface area contributed by atoms with Crippen LogP contribution in [0.3, 0.4) is 0 Å². The lowest BCUT2D eigenvalue weighted by atomic mass is 10.0. The summed E-state index contributed by atoms with van der Waals surface area (Å²) < 4.78 is 0. The van der Waals surface area contributed by atoms with Crippen molar-refractivity contribution in [1.82, 2.24) is 9.80 Å². The molecule has 0 spiro atoms. The average molecular weight is 240 g/mol. The minimum Gasteiger partial charge on any atom is -0.480 e. The third kappa shape index (κ3) is 2.60. The zero-order valence-electron chi connectivity index (χ0n) is 10.3. The van der Waals surface area contributed by atoms with Crippen molar-refractivity contribution in [3.8, 4) is 0 Å². The highest BCUT2D eigenvalue weighted by molar-refractivity contribution is 5.74. The summed E-state index contributed by atoms with van der Waals surface area (Å²) in [5.74, 6) is -0.573. The number of nitrogens with zero attached hydrogens (tertiary/aromatic N) is 2. The van der Waals surface area contributed by atoms with Gasteiger partial charge in [0.05, 0.1) is 0 Å². The van der Waals surface area contributed by atoms with Crippen molar-refractivity contribution in [3.05, 3.63) is 0 Å². The first-order chi connectivity index (χ1) is 8.09. The molecular formula is C12H20N2O3.